The maximum absolute atomic E-state index is 12.4. The number of carbonyl (C=O) groups is 1. The Kier molecular flexibility index (Phi) is 4.86. The predicted molar refractivity (Wildman–Crippen MR) is 108 cm³/mol. The molecule has 3 heterocycles. The van der Waals surface area contributed by atoms with E-state index in [4.69, 9.17) is 4.52 Å². The molecule has 1 aliphatic rings. The number of hydrogen-bond donors (Lipinski definition) is 1. The Hall–Kier alpha value is -2.41. The lowest BCUT2D eigenvalue weighted by Gasteiger charge is -2.16. The first-order valence-corrected chi connectivity index (χ1v) is 10.3. The van der Waals surface area contributed by atoms with E-state index < -0.39 is 0 Å². The molecule has 0 bridgehead atoms. The van der Waals surface area contributed by atoms with Crippen molar-refractivity contribution >= 4 is 33.9 Å². The van der Waals surface area contributed by atoms with Crippen LogP contribution in [0.4, 0.5) is 5.69 Å². The summed E-state index contributed by atoms with van der Waals surface area (Å²) in [6.45, 7) is 8.36. The Morgan fingerprint density at radius 1 is 1.26 bits per heavy atom. The number of carbonyl (C=O) groups excluding carboxylic acids is 1. The number of rotatable bonds is 5. The predicted octanol–water partition coefficient (Wildman–Crippen LogP) is 4.33. The molecule has 6 nitrogen and oxygen atoms in total. The van der Waals surface area contributed by atoms with Gasteiger partial charge in [-0.2, -0.15) is 0 Å². The summed E-state index contributed by atoms with van der Waals surface area (Å²) in [6, 6.07) is 6.30. The largest absolute Gasteiger partial charge is 0.371 e. The normalized spacial score (nSPS) is 15.6. The van der Waals surface area contributed by atoms with E-state index in [1.165, 1.54) is 29.9 Å². The molecule has 27 heavy (non-hydrogen) atoms. The molecule has 0 radical (unpaired) electrons. The topological polar surface area (TPSA) is 71.3 Å². The van der Waals surface area contributed by atoms with Gasteiger partial charge in [0, 0.05) is 30.9 Å². The minimum atomic E-state index is -0.0935. The fraction of sp³-hybridized carbons (Fsp3) is 0.450. The van der Waals surface area contributed by atoms with Crippen LogP contribution >= 0.6 is 11.3 Å². The molecule has 0 unspecified atom stereocenters. The Balaban J connectivity index is 1.58. The molecule has 1 aliphatic heterocycles. The summed E-state index contributed by atoms with van der Waals surface area (Å²) in [7, 11) is 0. The van der Waals surface area contributed by atoms with Crippen LogP contribution in [0.3, 0.4) is 0 Å². The highest BCUT2D eigenvalue weighted by atomic mass is 32.1. The van der Waals surface area contributed by atoms with Crippen LogP contribution in [0.25, 0.3) is 21.7 Å². The van der Waals surface area contributed by atoms with Crippen LogP contribution in [-0.4, -0.2) is 35.2 Å². The Morgan fingerprint density at radius 2 is 2.04 bits per heavy atom. The minimum absolute atomic E-state index is 0.0935. The van der Waals surface area contributed by atoms with E-state index in [1.807, 2.05) is 19.1 Å². The number of amides is 1. The molecule has 0 spiro atoms. The van der Waals surface area contributed by atoms with E-state index in [0.29, 0.717) is 21.5 Å². The lowest BCUT2D eigenvalue weighted by atomic mass is 10.1. The molecule has 1 atom stereocenters. The van der Waals surface area contributed by atoms with Crippen LogP contribution in [0.1, 0.15) is 43.3 Å². The Morgan fingerprint density at radius 3 is 2.78 bits per heavy atom. The molecule has 0 saturated carbocycles. The van der Waals surface area contributed by atoms with Gasteiger partial charge in [-0.15, -0.1) is 11.3 Å². The monoisotopic (exact) mass is 384 g/mol. The highest BCUT2D eigenvalue weighted by Gasteiger charge is 2.20. The molecular weight excluding hydrogens is 360 g/mol. The van der Waals surface area contributed by atoms with Crippen molar-refractivity contribution in [2.45, 2.75) is 39.7 Å². The van der Waals surface area contributed by atoms with Gasteiger partial charge in [0.2, 0.25) is 0 Å². The van der Waals surface area contributed by atoms with E-state index >= 15 is 0 Å². The molecule has 4 rings (SSSR count). The van der Waals surface area contributed by atoms with Crippen molar-refractivity contribution in [3.63, 3.8) is 0 Å². The third-order valence-corrected chi connectivity index (χ3v) is 6.22. The number of nitrogens with one attached hydrogen (secondary N) is 1. The van der Waals surface area contributed by atoms with Gasteiger partial charge < -0.3 is 14.7 Å². The summed E-state index contributed by atoms with van der Waals surface area (Å²) >= 11 is 1.34. The number of nitrogens with zero attached hydrogens (tertiary/aromatic N) is 3. The number of fused-ring (bicyclic) bond motifs is 1. The molecule has 0 aliphatic carbocycles. The van der Waals surface area contributed by atoms with Crippen LogP contribution in [0.15, 0.2) is 28.9 Å². The lowest BCUT2D eigenvalue weighted by molar-refractivity contribution is 0.0934. The Bertz CT molecular complexity index is 956. The zero-order valence-corrected chi connectivity index (χ0v) is 16.7. The molecule has 1 amide bonds. The summed E-state index contributed by atoms with van der Waals surface area (Å²) in [5.74, 6) is 0.287. The molecule has 1 aromatic carbocycles. The van der Waals surface area contributed by atoms with E-state index in [-0.39, 0.29) is 11.9 Å². The SMILES string of the molecule is CC(C)[C@H](C)NC(=O)c1cnc(-c2noc3cc(N4CCCC4)ccc23)s1. The van der Waals surface area contributed by atoms with Gasteiger partial charge in [0.1, 0.15) is 15.6 Å². The van der Waals surface area contributed by atoms with Gasteiger partial charge in [0.25, 0.3) is 5.91 Å². The number of benzene rings is 1. The van der Waals surface area contributed by atoms with Crippen LogP contribution in [0, 0.1) is 5.92 Å². The minimum Gasteiger partial charge on any atom is -0.371 e. The van der Waals surface area contributed by atoms with Crippen molar-refractivity contribution in [2.24, 2.45) is 5.92 Å². The third kappa shape index (κ3) is 3.56. The van der Waals surface area contributed by atoms with Gasteiger partial charge in [0.15, 0.2) is 5.58 Å². The maximum atomic E-state index is 12.4. The molecule has 1 fully saturated rings. The lowest BCUT2D eigenvalue weighted by Crippen LogP contribution is -2.35. The van der Waals surface area contributed by atoms with Crippen molar-refractivity contribution in [1.29, 1.82) is 0 Å². The van der Waals surface area contributed by atoms with Gasteiger partial charge in [-0.25, -0.2) is 4.98 Å². The maximum Gasteiger partial charge on any atom is 0.263 e. The molecule has 1 N–H and O–H groups in total. The first-order chi connectivity index (χ1) is 13.0. The van der Waals surface area contributed by atoms with Gasteiger partial charge in [-0.3, -0.25) is 4.79 Å². The van der Waals surface area contributed by atoms with E-state index in [0.717, 1.165) is 24.1 Å². The van der Waals surface area contributed by atoms with E-state index in [1.54, 1.807) is 6.20 Å². The summed E-state index contributed by atoms with van der Waals surface area (Å²) in [4.78, 5) is 19.8. The standard InChI is InChI=1S/C20H24N4O2S/c1-12(2)13(3)22-19(25)17-11-21-20(27-17)18-15-7-6-14(10-16(15)26-23-18)24-8-4-5-9-24/h6-7,10-13H,4-5,8-9H2,1-3H3,(H,22,25)/t13-/m0/s1. The van der Waals surface area contributed by atoms with E-state index in [2.05, 4.69) is 40.3 Å². The number of anilines is 1. The van der Waals surface area contributed by atoms with Gasteiger partial charge >= 0.3 is 0 Å². The van der Waals surface area contributed by atoms with Crippen LogP contribution < -0.4 is 10.2 Å². The zero-order chi connectivity index (χ0) is 19.0. The van der Waals surface area contributed by atoms with E-state index in [9.17, 15) is 4.79 Å². The van der Waals surface area contributed by atoms with Gasteiger partial charge in [0.05, 0.1) is 11.6 Å². The molecule has 1 saturated heterocycles. The summed E-state index contributed by atoms with van der Waals surface area (Å²) in [6.07, 6.45) is 4.08. The number of thiazole rings is 1. The highest BCUT2D eigenvalue weighted by molar-refractivity contribution is 7.17. The van der Waals surface area contributed by atoms with Crippen LogP contribution in [-0.2, 0) is 0 Å². The van der Waals surface area contributed by atoms with Crippen LogP contribution in [0.2, 0.25) is 0 Å². The smallest absolute Gasteiger partial charge is 0.263 e. The average molecular weight is 385 g/mol. The molecule has 3 aromatic rings. The Labute approximate surface area is 162 Å². The second-order valence-electron chi connectivity index (χ2n) is 7.44. The summed E-state index contributed by atoms with van der Waals surface area (Å²) in [5.41, 5.74) is 2.62. The van der Waals surface area contributed by atoms with Crippen molar-refractivity contribution in [3.8, 4) is 10.7 Å². The van der Waals surface area contributed by atoms with Crippen LogP contribution in [0.5, 0.6) is 0 Å². The highest BCUT2D eigenvalue weighted by Crippen LogP contribution is 2.33. The molecular formula is C20H24N4O2S. The second kappa shape index (κ2) is 7.31. The fourth-order valence-corrected chi connectivity index (χ4v) is 4.00. The second-order valence-corrected chi connectivity index (χ2v) is 8.47. The van der Waals surface area contributed by atoms with Crippen molar-refractivity contribution in [1.82, 2.24) is 15.5 Å². The summed E-state index contributed by atoms with van der Waals surface area (Å²) < 4.78 is 5.56. The number of aromatic nitrogens is 2. The first kappa shape index (κ1) is 18.0. The van der Waals surface area contributed by atoms with Crippen molar-refractivity contribution in [2.75, 3.05) is 18.0 Å². The fourth-order valence-electron chi connectivity index (χ4n) is 3.19. The quantitative estimate of drug-likeness (QED) is 0.709. The molecule has 2 aromatic heterocycles. The summed E-state index contributed by atoms with van der Waals surface area (Å²) in [5, 5.41) is 8.85. The molecule has 142 valence electrons. The average Bonchev–Trinajstić information content (AvgIpc) is 3.39. The third-order valence-electron chi connectivity index (χ3n) is 5.22. The van der Waals surface area contributed by atoms with Crippen molar-refractivity contribution in [3.05, 3.63) is 29.3 Å². The van der Waals surface area contributed by atoms with Gasteiger partial charge in [-0.1, -0.05) is 19.0 Å². The molecule has 7 heteroatoms. The first-order valence-electron chi connectivity index (χ1n) is 9.44. The number of hydrogen-bond acceptors (Lipinski definition) is 6. The van der Waals surface area contributed by atoms with Crippen molar-refractivity contribution < 1.29 is 9.32 Å². The zero-order valence-electron chi connectivity index (χ0n) is 15.9. The van der Waals surface area contributed by atoms with Gasteiger partial charge in [-0.05, 0) is 37.8 Å².